The van der Waals surface area contributed by atoms with Crippen molar-refractivity contribution in [3.63, 3.8) is 0 Å². The van der Waals surface area contributed by atoms with E-state index in [0.29, 0.717) is 12.0 Å². The monoisotopic (exact) mass is 254 g/mol. The molecular weight excluding hydrogens is 224 g/mol. The Hall–Kier alpha value is -0.120. The van der Waals surface area contributed by atoms with Gasteiger partial charge in [0.2, 0.25) is 0 Å². The van der Waals surface area contributed by atoms with Crippen LogP contribution in [0.1, 0.15) is 46.5 Å². The number of nitrogens with zero attached hydrogens (tertiary/aromatic N) is 1. The quantitative estimate of drug-likeness (QED) is 0.659. The number of likely N-dealkylation sites (N-methyl/N-ethyl adjacent to an activating group) is 1. The number of nitrogens with one attached hydrogen (secondary N) is 1. The van der Waals surface area contributed by atoms with E-state index in [-0.39, 0.29) is 12.1 Å². The summed E-state index contributed by atoms with van der Waals surface area (Å²) in [6.07, 6.45) is 5.37. The molecule has 2 fully saturated rings. The summed E-state index contributed by atoms with van der Waals surface area (Å²) in [5.74, 6) is 1.60. The smallest absolute Gasteiger partial charge is 0.0628 e. The van der Waals surface area contributed by atoms with E-state index in [1.165, 1.54) is 32.2 Å². The number of aliphatic hydroxyl groups excluding tert-OH is 1. The van der Waals surface area contributed by atoms with E-state index in [9.17, 15) is 5.11 Å². The second-order valence-corrected chi connectivity index (χ2v) is 6.59. The summed E-state index contributed by atoms with van der Waals surface area (Å²) in [5.41, 5.74) is -0.0477. The van der Waals surface area contributed by atoms with Gasteiger partial charge in [0, 0.05) is 19.1 Å². The summed E-state index contributed by atoms with van der Waals surface area (Å²) in [6, 6.07) is 0.578. The fourth-order valence-corrected chi connectivity index (χ4v) is 3.00. The molecule has 2 aliphatic rings. The Morgan fingerprint density at radius 3 is 2.33 bits per heavy atom. The fraction of sp³-hybridized carbons (Fsp3) is 1.00. The maximum Gasteiger partial charge on any atom is 0.0628 e. The number of hydrogen-bond acceptors (Lipinski definition) is 3. The molecule has 0 saturated heterocycles. The lowest BCUT2D eigenvalue weighted by Crippen LogP contribution is -2.59. The molecule has 2 rings (SSSR count). The van der Waals surface area contributed by atoms with Gasteiger partial charge in [-0.25, -0.2) is 0 Å². The van der Waals surface area contributed by atoms with E-state index in [4.69, 9.17) is 0 Å². The van der Waals surface area contributed by atoms with Gasteiger partial charge in [-0.15, -0.1) is 0 Å². The third kappa shape index (κ3) is 3.46. The van der Waals surface area contributed by atoms with Gasteiger partial charge in [0.1, 0.15) is 0 Å². The van der Waals surface area contributed by atoms with E-state index >= 15 is 0 Å². The van der Waals surface area contributed by atoms with E-state index in [1.54, 1.807) is 0 Å². The standard InChI is InChI=1S/C15H30N2O/c1-4-16-15(11-18,14-7-8-14)10-17(12(2)3)9-13-5-6-13/h12-14,16,18H,4-11H2,1-3H3. The normalized spacial score (nSPS) is 23.7. The van der Waals surface area contributed by atoms with Gasteiger partial charge in [-0.2, -0.15) is 0 Å². The zero-order valence-corrected chi connectivity index (χ0v) is 12.3. The molecule has 3 nitrogen and oxygen atoms in total. The Bertz CT molecular complexity index is 261. The SMILES string of the molecule is CCNC(CO)(CN(CC1CC1)C(C)C)C1CC1. The predicted octanol–water partition coefficient (Wildman–Crippen LogP) is 1.86. The average molecular weight is 254 g/mol. The lowest BCUT2D eigenvalue weighted by molar-refractivity contribution is 0.0754. The zero-order valence-electron chi connectivity index (χ0n) is 12.3. The topological polar surface area (TPSA) is 35.5 Å². The average Bonchev–Trinajstić information content (AvgIpc) is 3.18. The highest BCUT2D eigenvalue weighted by atomic mass is 16.3. The molecule has 0 spiro atoms. The molecule has 0 bridgehead atoms. The van der Waals surface area contributed by atoms with Crippen molar-refractivity contribution in [2.24, 2.45) is 11.8 Å². The summed E-state index contributed by atoms with van der Waals surface area (Å²) in [6.45, 7) is 10.2. The molecule has 0 aliphatic heterocycles. The van der Waals surface area contributed by atoms with Crippen LogP contribution in [0.3, 0.4) is 0 Å². The lowest BCUT2D eigenvalue weighted by atomic mass is 9.92. The van der Waals surface area contributed by atoms with Gasteiger partial charge < -0.3 is 10.4 Å². The summed E-state index contributed by atoms with van der Waals surface area (Å²) < 4.78 is 0. The van der Waals surface area contributed by atoms with Gasteiger partial charge in [0.25, 0.3) is 0 Å². The number of hydrogen-bond donors (Lipinski definition) is 2. The minimum Gasteiger partial charge on any atom is -0.394 e. The molecule has 106 valence electrons. The van der Waals surface area contributed by atoms with Crippen LogP contribution in [0.2, 0.25) is 0 Å². The molecule has 0 aromatic heterocycles. The van der Waals surface area contributed by atoms with Crippen molar-refractivity contribution in [3.05, 3.63) is 0 Å². The Labute approximate surface area is 112 Å². The van der Waals surface area contributed by atoms with Crippen molar-refractivity contribution in [1.82, 2.24) is 10.2 Å². The van der Waals surface area contributed by atoms with Crippen LogP contribution < -0.4 is 5.32 Å². The molecule has 0 heterocycles. The van der Waals surface area contributed by atoms with Gasteiger partial charge in [-0.3, -0.25) is 4.90 Å². The fourth-order valence-electron chi connectivity index (χ4n) is 3.00. The van der Waals surface area contributed by atoms with Crippen LogP contribution in [0.5, 0.6) is 0 Å². The Morgan fingerprint density at radius 1 is 1.28 bits per heavy atom. The summed E-state index contributed by atoms with van der Waals surface area (Å²) in [7, 11) is 0. The largest absolute Gasteiger partial charge is 0.394 e. The summed E-state index contributed by atoms with van der Waals surface area (Å²) >= 11 is 0. The molecule has 0 aromatic rings. The predicted molar refractivity (Wildman–Crippen MR) is 75.7 cm³/mol. The summed E-state index contributed by atoms with van der Waals surface area (Å²) in [5, 5.41) is 13.5. The first-order valence-electron chi connectivity index (χ1n) is 7.71. The molecule has 3 heteroatoms. The van der Waals surface area contributed by atoms with Crippen molar-refractivity contribution < 1.29 is 5.11 Å². The first-order valence-corrected chi connectivity index (χ1v) is 7.71. The van der Waals surface area contributed by atoms with Crippen molar-refractivity contribution in [1.29, 1.82) is 0 Å². The van der Waals surface area contributed by atoms with Gasteiger partial charge in [-0.1, -0.05) is 6.92 Å². The third-order valence-corrected chi connectivity index (χ3v) is 4.57. The van der Waals surface area contributed by atoms with Gasteiger partial charge in [-0.05, 0) is 57.9 Å². The third-order valence-electron chi connectivity index (χ3n) is 4.57. The Balaban J connectivity index is 1.99. The summed E-state index contributed by atoms with van der Waals surface area (Å²) in [4.78, 5) is 2.58. The molecule has 18 heavy (non-hydrogen) atoms. The van der Waals surface area contributed by atoms with Crippen LogP contribution in [0.15, 0.2) is 0 Å². The van der Waals surface area contributed by atoms with Crippen LogP contribution in [-0.4, -0.2) is 47.8 Å². The zero-order chi connectivity index (χ0) is 13.2. The van der Waals surface area contributed by atoms with Gasteiger partial charge in [0.05, 0.1) is 12.1 Å². The lowest BCUT2D eigenvalue weighted by Gasteiger charge is -2.40. The highest BCUT2D eigenvalue weighted by Crippen LogP contribution is 2.41. The van der Waals surface area contributed by atoms with Crippen molar-refractivity contribution in [2.45, 2.75) is 58.0 Å². The van der Waals surface area contributed by atoms with Crippen molar-refractivity contribution in [2.75, 3.05) is 26.2 Å². The second-order valence-electron chi connectivity index (χ2n) is 6.59. The van der Waals surface area contributed by atoms with Crippen LogP contribution in [0.4, 0.5) is 0 Å². The highest BCUT2D eigenvalue weighted by molar-refractivity contribution is 5.03. The van der Waals surface area contributed by atoms with E-state index in [1.807, 2.05) is 0 Å². The number of rotatable bonds is 9. The van der Waals surface area contributed by atoms with Crippen LogP contribution in [0.25, 0.3) is 0 Å². The molecule has 0 amide bonds. The molecular formula is C15H30N2O. The van der Waals surface area contributed by atoms with Crippen molar-refractivity contribution >= 4 is 0 Å². The molecule has 1 atom stereocenters. The first-order chi connectivity index (χ1) is 8.61. The molecule has 0 radical (unpaired) electrons. The molecule has 2 saturated carbocycles. The van der Waals surface area contributed by atoms with E-state index in [2.05, 4.69) is 31.0 Å². The highest BCUT2D eigenvalue weighted by Gasteiger charge is 2.45. The first kappa shape index (κ1) is 14.3. The van der Waals surface area contributed by atoms with Crippen molar-refractivity contribution in [3.8, 4) is 0 Å². The molecule has 2 N–H and O–H groups in total. The number of aliphatic hydroxyl groups is 1. The van der Waals surface area contributed by atoms with Gasteiger partial charge >= 0.3 is 0 Å². The van der Waals surface area contributed by atoms with Gasteiger partial charge in [0.15, 0.2) is 0 Å². The van der Waals surface area contributed by atoms with Crippen LogP contribution in [-0.2, 0) is 0 Å². The van der Waals surface area contributed by atoms with Crippen LogP contribution >= 0.6 is 0 Å². The maximum atomic E-state index is 9.91. The second kappa shape index (κ2) is 5.89. The van der Waals surface area contributed by atoms with E-state index < -0.39 is 0 Å². The minimum atomic E-state index is -0.0477. The molecule has 0 aromatic carbocycles. The van der Waals surface area contributed by atoms with Crippen LogP contribution in [0, 0.1) is 11.8 Å². The Morgan fingerprint density at radius 2 is 1.94 bits per heavy atom. The Kier molecular flexibility index (Phi) is 4.68. The maximum absolute atomic E-state index is 9.91. The van der Waals surface area contributed by atoms with E-state index in [0.717, 1.165) is 19.0 Å². The molecule has 1 unspecified atom stereocenters. The minimum absolute atomic E-state index is 0.0477. The molecule has 2 aliphatic carbocycles.